The summed E-state index contributed by atoms with van der Waals surface area (Å²) >= 11 is 1.95. The lowest BCUT2D eigenvalue weighted by Crippen LogP contribution is -2.38. The van der Waals surface area contributed by atoms with Gasteiger partial charge in [-0.1, -0.05) is 38.5 Å². The van der Waals surface area contributed by atoms with E-state index in [0.29, 0.717) is 5.41 Å². The second kappa shape index (κ2) is 6.63. The molecule has 1 nitrogen and oxygen atoms in total. The van der Waals surface area contributed by atoms with Crippen LogP contribution in [0.15, 0.2) is 35.2 Å². The molecule has 0 spiro atoms. The van der Waals surface area contributed by atoms with Gasteiger partial charge in [-0.25, -0.2) is 0 Å². The molecule has 2 rings (SSSR count). The highest BCUT2D eigenvalue weighted by Crippen LogP contribution is 2.35. The van der Waals surface area contributed by atoms with E-state index in [4.69, 9.17) is 0 Å². The molecule has 1 unspecified atom stereocenters. The van der Waals surface area contributed by atoms with Crippen LogP contribution in [0.5, 0.6) is 0 Å². The summed E-state index contributed by atoms with van der Waals surface area (Å²) in [6.45, 7) is 5.93. The first-order chi connectivity index (χ1) is 8.66. The lowest BCUT2D eigenvalue weighted by molar-refractivity contribution is 0.200. The van der Waals surface area contributed by atoms with Gasteiger partial charge >= 0.3 is 0 Å². The highest BCUT2D eigenvalue weighted by Gasteiger charge is 2.27. The third-order valence-corrected chi connectivity index (χ3v) is 4.77. The molecule has 1 atom stereocenters. The topological polar surface area (TPSA) is 12.0 Å². The fourth-order valence-corrected chi connectivity index (χ4v) is 3.63. The summed E-state index contributed by atoms with van der Waals surface area (Å²) in [4.78, 5) is 1.38. The van der Waals surface area contributed by atoms with Gasteiger partial charge in [-0.05, 0) is 36.8 Å². The first-order valence-corrected chi connectivity index (χ1v) is 8.05. The Morgan fingerprint density at radius 1 is 1.28 bits per heavy atom. The number of thioether (sulfide) groups is 1. The van der Waals surface area contributed by atoms with Crippen molar-refractivity contribution in [3.05, 3.63) is 30.3 Å². The van der Waals surface area contributed by atoms with Crippen LogP contribution < -0.4 is 5.32 Å². The van der Waals surface area contributed by atoms with Gasteiger partial charge in [-0.15, -0.1) is 11.8 Å². The maximum atomic E-state index is 3.73. The molecule has 1 N–H and O–H groups in total. The first-order valence-electron chi connectivity index (χ1n) is 7.07. The van der Waals surface area contributed by atoms with Gasteiger partial charge < -0.3 is 5.32 Å². The Balaban J connectivity index is 1.64. The van der Waals surface area contributed by atoms with Crippen molar-refractivity contribution in [3.63, 3.8) is 0 Å². The van der Waals surface area contributed by atoms with Crippen LogP contribution in [-0.2, 0) is 0 Å². The van der Waals surface area contributed by atoms with Gasteiger partial charge in [0, 0.05) is 23.2 Å². The molecule has 0 saturated heterocycles. The Labute approximate surface area is 116 Å². The van der Waals surface area contributed by atoms with Gasteiger partial charge in [0.05, 0.1) is 0 Å². The molecule has 1 aromatic carbocycles. The average molecular weight is 263 g/mol. The molecule has 0 amide bonds. The molecule has 2 heteroatoms. The Bertz CT molecular complexity index is 347. The molecular weight excluding hydrogens is 238 g/mol. The van der Waals surface area contributed by atoms with Crippen molar-refractivity contribution < 1.29 is 0 Å². The van der Waals surface area contributed by atoms with Crippen LogP contribution >= 0.6 is 11.8 Å². The number of benzene rings is 1. The van der Waals surface area contributed by atoms with Crippen molar-refractivity contribution in [1.29, 1.82) is 0 Å². The SMILES string of the molecule is CC1(C)CCCC(NCCSc2ccccc2)C1. The summed E-state index contributed by atoms with van der Waals surface area (Å²) in [6.07, 6.45) is 5.48. The van der Waals surface area contributed by atoms with Gasteiger partial charge in [0.25, 0.3) is 0 Å². The fourth-order valence-electron chi connectivity index (χ4n) is 2.82. The smallest absolute Gasteiger partial charge is 0.0106 e. The molecule has 0 bridgehead atoms. The minimum Gasteiger partial charge on any atom is -0.313 e. The van der Waals surface area contributed by atoms with E-state index in [1.54, 1.807) is 0 Å². The van der Waals surface area contributed by atoms with Crippen LogP contribution in [0.2, 0.25) is 0 Å². The quantitative estimate of drug-likeness (QED) is 0.626. The Morgan fingerprint density at radius 3 is 2.78 bits per heavy atom. The summed E-state index contributed by atoms with van der Waals surface area (Å²) in [5.74, 6) is 1.17. The monoisotopic (exact) mass is 263 g/mol. The molecule has 18 heavy (non-hydrogen) atoms. The van der Waals surface area contributed by atoms with Gasteiger partial charge in [0.15, 0.2) is 0 Å². The normalized spacial score (nSPS) is 22.9. The molecule has 0 heterocycles. The van der Waals surface area contributed by atoms with E-state index in [1.165, 1.54) is 36.3 Å². The molecule has 1 aromatic rings. The molecular formula is C16H25NS. The summed E-state index contributed by atoms with van der Waals surface area (Å²) in [7, 11) is 0. The highest BCUT2D eigenvalue weighted by atomic mass is 32.2. The van der Waals surface area contributed by atoms with E-state index < -0.39 is 0 Å². The van der Waals surface area contributed by atoms with Gasteiger partial charge in [0.1, 0.15) is 0 Å². The Hall–Kier alpha value is -0.470. The second-order valence-corrected chi connectivity index (χ2v) is 7.24. The summed E-state index contributed by atoms with van der Waals surface area (Å²) in [5.41, 5.74) is 0.544. The maximum absolute atomic E-state index is 3.73. The first kappa shape index (κ1) is 14.0. The van der Waals surface area contributed by atoms with E-state index >= 15 is 0 Å². The molecule has 1 aliphatic rings. The predicted molar refractivity (Wildman–Crippen MR) is 81.2 cm³/mol. The molecule has 1 saturated carbocycles. The van der Waals surface area contributed by atoms with Crippen molar-refractivity contribution >= 4 is 11.8 Å². The zero-order chi connectivity index (χ0) is 12.8. The van der Waals surface area contributed by atoms with Crippen molar-refractivity contribution in [2.24, 2.45) is 5.41 Å². The van der Waals surface area contributed by atoms with E-state index in [0.717, 1.165) is 12.6 Å². The number of nitrogens with one attached hydrogen (secondary N) is 1. The Morgan fingerprint density at radius 2 is 2.06 bits per heavy atom. The van der Waals surface area contributed by atoms with Crippen LogP contribution in [0.3, 0.4) is 0 Å². The average Bonchev–Trinajstić information content (AvgIpc) is 2.35. The lowest BCUT2D eigenvalue weighted by atomic mass is 9.75. The summed E-state index contributed by atoms with van der Waals surface area (Å²) in [6, 6.07) is 11.4. The van der Waals surface area contributed by atoms with Crippen molar-refractivity contribution in [1.82, 2.24) is 5.32 Å². The molecule has 0 aromatic heterocycles. The molecule has 0 radical (unpaired) electrons. The standard InChI is InChI=1S/C16H25NS/c1-16(2)10-6-7-14(13-16)17-11-12-18-15-8-4-3-5-9-15/h3-5,8-9,14,17H,6-7,10-13H2,1-2H3. The van der Waals surface area contributed by atoms with E-state index in [9.17, 15) is 0 Å². The van der Waals surface area contributed by atoms with E-state index in [2.05, 4.69) is 49.5 Å². The maximum Gasteiger partial charge on any atom is 0.0106 e. The van der Waals surface area contributed by atoms with Crippen LogP contribution in [0.4, 0.5) is 0 Å². The van der Waals surface area contributed by atoms with Crippen LogP contribution in [-0.4, -0.2) is 18.3 Å². The van der Waals surface area contributed by atoms with Crippen LogP contribution in [0, 0.1) is 5.41 Å². The Kier molecular flexibility index (Phi) is 5.13. The zero-order valence-corrected chi connectivity index (χ0v) is 12.4. The third kappa shape index (κ3) is 4.66. The molecule has 100 valence electrons. The van der Waals surface area contributed by atoms with Crippen LogP contribution in [0.25, 0.3) is 0 Å². The lowest BCUT2D eigenvalue weighted by Gasteiger charge is -2.35. The van der Waals surface area contributed by atoms with Gasteiger partial charge in [-0.2, -0.15) is 0 Å². The van der Waals surface area contributed by atoms with E-state index in [-0.39, 0.29) is 0 Å². The van der Waals surface area contributed by atoms with Gasteiger partial charge in [-0.3, -0.25) is 0 Å². The fraction of sp³-hybridized carbons (Fsp3) is 0.625. The van der Waals surface area contributed by atoms with Crippen molar-refractivity contribution in [2.45, 2.75) is 50.5 Å². The molecule has 1 aliphatic carbocycles. The summed E-state index contributed by atoms with van der Waals surface area (Å²) in [5, 5.41) is 3.73. The van der Waals surface area contributed by atoms with Crippen molar-refractivity contribution in [2.75, 3.05) is 12.3 Å². The second-order valence-electron chi connectivity index (χ2n) is 6.07. The minimum atomic E-state index is 0.544. The zero-order valence-electron chi connectivity index (χ0n) is 11.6. The largest absolute Gasteiger partial charge is 0.313 e. The van der Waals surface area contributed by atoms with Crippen molar-refractivity contribution in [3.8, 4) is 0 Å². The number of rotatable bonds is 5. The highest BCUT2D eigenvalue weighted by molar-refractivity contribution is 7.99. The molecule has 1 fully saturated rings. The third-order valence-electron chi connectivity index (χ3n) is 3.75. The predicted octanol–water partition coefficient (Wildman–Crippen LogP) is 4.34. The van der Waals surface area contributed by atoms with E-state index in [1.807, 2.05) is 11.8 Å². The van der Waals surface area contributed by atoms with Gasteiger partial charge in [0.2, 0.25) is 0 Å². The minimum absolute atomic E-state index is 0.544. The van der Waals surface area contributed by atoms with Crippen LogP contribution in [0.1, 0.15) is 39.5 Å². The summed E-state index contributed by atoms with van der Waals surface area (Å²) < 4.78 is 0. The number of hydrogen-bond donors (Lipinski definition) is 1. The molecule has 0 aliphatic heterocycles. The number of hydrogen-bond acceptors (Lipinski definition) is 2.